The van der Waals surface area contributed by atoms with Crippen LogP contribution in [0.4, 0.5) is 0 Å². The molecule has 0 bridgehead atoms. The number of rotatable bonds is 5. The van der Waals surface area contributed by atoms with Crippen molar-refractivity contribution in [3.8, 4) is 11.1 Å². The largest absolute Gasteiger partial charge is 0.289 e. The molecular formula is C19H21N3O. The lowest BCUT2D eigenvalue weighted by atomic mass is 9.98. The van der Waals surface area contributed by atoms with E-state index in [0.717, 1.165) is 11.1 Å². The number of ketones is 1. The molecule has 0 atom stereocenters. The van der Waals surface area contributed by atoms with E-state index in [-0.39, 0.29) is 5.78 Å². The Labute approximate surface area is 136 Å². The molecule has 0 radical (unpaired) electrons. The summed E-state index contributed by atoms with van der Waals surface area (Å²) in [7, 11) is 1.86. The minimum Gasteiger partial charge on any atom is -0.289 e. The van der Waals surface area contributed by atoms with Crippen molar-refractivity contribution in [2.24, 2.45) is 7.05 Å². The lowest BCUT2D eigenvalue weighted by Crippen LogP contribution is -2.06. The number of nitrogens with zero attached hydrogens (tertiary/aromatic N) is 3. The lowest BCUT2D eigenvalue weighted by Gasteiger charge is -2.08. The fraction of sp³-hybridized carbons (Fsp3) is 0.211. The summed E-state index contributed by atoms with van der Waals surface area (Å²) in [4.78, 5) is 17.3. The molecule has 118 valence electrons. The zero-order chi connectivity index (χ0) is 16.8. The summed E-state index contributed by atoms with van der Waals surface area (Å²) in [5, 5.41) is 4.17. The average molecular weight is 307 g/mol. The Morgan fingerprint density at radius 1 is 1.13 bits per heavy atom. The molecule has 0 unspecified atom stereocenters. The van der Waals surface area contributed by atoms with Gasteiger partial charge in [0.05, 0.1) is 11.9 Å². The van der Waals surface area contributed by atoms with E-state index in [9.17, 15) is 4.79 Å². The van der Waals surface area contributed by atoms with Crippen LogP contribution in [0.2, 0.25) is 0 Å². The highest BCUT2D eigenvalue weighted by Gasteiger charge is 2.15. The molecule has 0 spiro atoms. The van der Waals surface area contributed by atoms with Gasteiger partial charge in [0.1, 0.15) is 0 Å². The molecule has 2 heterocycles. The van der Waals surface area contributed by atoms with Crippen LogP contribution in [-0.4, -0.2) is 20.5 Å². The van der Waals surface area contributed by atoms with Gasteiger partial charge < -0.3 is 0 Å². The van der Waals surface area contributed by atoms with E-state index in [0.29, 0.717) is 16.8 Å². The van der Waals surface area contributed by atoms with Crippen LogP contribution in [-0.2, 0) is 7.05 Å². The molecule has 0 fully saturated rings. The lowest BCUT2D eigenvalue weighted by molar-refractivity contribution is 0.103. The van der Waals surface area contributed by atoms with Crippen LogP contribution in [0.15, 0.2) is 54.5 Å². The highest BCUT2D eigenvalue weighted by molar-refractivity contribution is 6.12. The van der Waals surface area contributed by atoms with Crippen molar-refractivity contribution < 1.29 is 4.79 Å². The highest BCUT2D eigenvalue weighted by Crippen LogP contribution is 2.23. The number of hydrogen-bond donors (Lipinski definition) is 0. The summed E-state index contributed by atoms with van der Waals surface area (Å²) in [6.07, 6.45) is 14.7. The van der Waals surface area contributed by atoms with E-state index in [1.165, 1.54) is 0 Å². The molecule has 2 aromatic heterocycles. The van der Waals surface area contributed by atoms with Crippen molar-refractivity contribution >= 4 is 11.9 Å². The average Bonchev–Trinajstić information content (AvgIpc) is 2.99. The Balaban J connectivity index is 2.56. The van der Waals surface area contributed by atoms with Crippen molar-refractivity contribution in [2.75, 3.05) is 0 Å². The molecule has 0 saturated heterocycles. The number of Topliss-reactive ketones (excluding diaryl/α,β-unsaturated/α-hetero) is 1. The number of carbonyl (C=O) groups excluding carboxylic acids is 1. The Kier molecular flexibility index (Phi) is 5.41. The van der Waals surface area contributed by atoms with Crippen LogP contribution in [0.1, 0.15) is 36.8 Å². The predicted molar refractivity (Wildman–Crippen MR) is 94.0 cm³/mol. The Bertz CT molecular complexity index is 795. The molecule has 0 aliphatic heterocycles. The maximum atomic E-state index is 12.8. The molecule has 2 aromatic rings. The normalized spacial score (nSPS) is 12.4. The summed E-state index contributed by atoms with van der Waals surface area (Å²) in [6, 6.07) is 1.88. The third-order valence-corrected chi connectivity index (χ3v) is 3.45. The van der Waals surface area contributed by atoms with Gasteiger partial charge in [-0.3, -0.25) is 14.5 Å². The van der Waals surface area contributed by atoms with Crippen LogP contribution in [0, 0.1) is 0 Å². The van der Waals surface area contributed by atoms with Crippen molar-refractivity contribution in [3.05, 3.63) is 65.8 Å². The number of carbonyl (C=O) groups is 1. The molecule has 0 N–H and O–H groups in total. The first-order valence-corrected chi connectivity index (χ1v) is 7.56. The zero-order valence-corrected chi connectivity index (χ0v) is 13.9. The molecule has 4 heteroatoms. The van der Waals surface area contributed by atoms with Crippen molar-refractivity contribution in [3.63, 3.8) is 0 Å². The van der Waals surface area contributed by atoms with Crippen LogP contribution in [0.5, 0.6) is 0 Å². The Morgan fingerprint density at radius 2 is 1.91 bits per heavy atom. The topological polar surface area (TPSA) is 47.8 Å². The number of aryl methyl sites for hydroxylation is 1. The van der Waals surface area contributed by atoms with Gasteiger partial charge in [0, 0.05) is 41.7 Å². The van der Waals surface area contributed by atoms with E-state index >= 15 is 0 Å². The third-order valence-electron chi connectivity index (χ3n) is 3.45. The van der Waals surface area contributed by atoms with Gasteiger partial charge in [-0.25, -0.2) is 0 Å². The van der Waals surface area contributed by atoms with Crippen LogP contribution in [0.3, 0.4) is 0 Å². The van der Waals surface area contributed by atoms with E-state index in [2.05, 4.69) is 10.1 Å². The van der Waals surface area contributed by atoms with Crippen LogP contribution < -0.4 is 0 Å². The molecule has 0 aromatic carbocycles. The molecule has 0 amide bonds. The minimum atomic E-state index is -0.0306. The van der Waals surface area contributed by atoms with Gasteiger partial charge >= 0.3 is 0 Å². The first-order chi connectivity index (χ1) is 11.1. The van der Waals surface area contributed by atoms with E-state index in [1.54, 1.807) is 17.1 Å². The third kappa shape index (κ3) is 3.72. The van der Waals surface area contributed by atoms with Gasteiger partial charge in [-0.2, -0.15) is 5.10 Å². The fourth-order valence-corrected chi connectivity index (χ4v) is 2.31. The monoisotopic (exact) mass is 307 g/mol. The second kappa shape index (κ2) is 7.49. The van der Waals surface area contributed by atoms with E-state index < -0.39 is 0 Å². The fourth-order valence-electron chi connectivity index (χ4n) is 2.31. The Morgan fingerprint density at radius 3 is 2.48 bits per heavy atom. The standard InChI is InChI=1S/C19H21N3O/c1-5-8-14(7-3)19(23)17-10-15(11-20-18(17)9-6-2)16-12-21-22(4)13-16/h5-13H,1-4H3/b8-5-,9-6-,14-7+. The van der Waals surface area contributed by atoms with E-state index in [1.807, 2.05) is 70.5 Å². The number of aromatic nitrogens is 3. The molecule has 0 saturated carbocycles. The predicted octanol–water partition coefficient (Wildman–Crippen LogP) is 4.22. The maximum Gasteiger partial charge on any atom is 0.194 e. The quantitative estimate of drug-likeness (QED) is 0.472. The van der Waals surface area contributed by atoms with Crippen LogP contribution in [0.25, 0.3) is 17.2 Å². The molecule has 23 heavy (non-hydrogen) atoms. The number of hydrogen-bond acceptors (Lipinski definition) is 3. The summed E-state index contributed by atoms with van der Waals surface area (Å²) < 4.78 is 1.73. The van der Waals surface area contributed by atoms with Crippen LogP contribution >= 0.6 is 0 Å². The van der Waals surface area contributed by atoms with Crippen molar-refractivity contribution in [1.29, 1.82) is 0 Å². The van der Waals surface area contributed by atoms with Gasteiger partial charge in [0.15, 0.2) is 5.78 Å². The first kappa shape index (κ1) is 16.6. The van der Waals surface area contributed by atoms with Gasteiger partial charge in [-0.1, -0.05) is 24.3 Å². The molecule has 0 aliphatic rings. The number of allylic oxidation sites excluding steroid dienone is 5. The molecule has 4 nitrogen and oxygen atoms in total. The maximum absolute atomic E-state index is 12.8. The molecule has 0 aliphatic carbocycles. The van der Waals surface area contributed by atoms with Crippen molar-refractivity contribution in [1.82, 2.24) is 14.8 Å². The SMILES string of the molecule is C/C=C\C(=C/C)C(=O)c1cc(-c2cnn(C)c2)cnc1/C=C\C. The highest BCUT2D eigenvalue weighted by atomic mass is 16.1. The van der Waals surface area contributed by atoms with Gasteiger partial charge in [0.2, 0.25) is 0 Å². The van der Waals surface area contributed by atoms with Crippen molar-refractivity contribution in [2.45, 2.75) is 20.8 Å². The molecular weight excluding hydrogens is 286 g/mol. The zero-order valence-electron chi connectivity index (χ0n) is 13.9. The summed E-state index contributed by atoms with van der Waals surface area (Å²) in [6.45, 7) is 5.67. The number of pyridine rings is 1. The first-order valence-electron chi connectivity index (χ1n) is 7.56. The summed E-state index contributed by atoms with van der Waals surface area (Å²) in [5.41, 5.74) is 3.74. The summed E-state index contributed by atoms with van der Waals surface area (Å²) in [5.74, 6) is -0.0306. The second-order valence-electron chi connectivity index (χ2n) is 5.13. The van der Waals surface area contributed by atoms with Gasteiger partial charge in [-0.05, 0) is 32.9 Å². The molecule has 2 rings (SSSR count). The smallest absolute Gasteiger partial charge is 0.194 e. The van der Waals surface area contributed by atoms with Gasteiger partial charge in [-0.15, -0.1) is 0 Å². The summed E-state index contributed by atoms with van der Waals surface area (Å²) >= 11 is 0. The minimum absolute atomic E-state index is 0.0306. The van der Waals surface area contributed by atoms with Gasteiger partial charge in [0.25, 0.3) is 0 Å². The van der Waals surface area contributed by atoms with E-state index in [4.69, 9.17) is 0 Å². The second-order valence-corrected chi connectivity index (χ2v) is 5.13. The Hall–Kier alpha value is -2.75.